The summed E-state index contributed by atoms with van der Waals surface area (Å²) in [4.78, 5) is 4.04. The summed E-state index contributed by atoms with van der Waals surface area (Å²) in [6.07, 6.45) is 1.59. The normalized spacial score (nSPS) is 12.0. The second-order valence-corrected chi connectivity index (χ2v) is 6.49. The minimum atomic E-state index is -3.35. The Kier molecular flexibility index (Phi) is 4.11. The van der Waals surface area contributed by atoms with Crippen LogP contribution in [0, 0.1) is 6.92 Å². The number of aromatic nitrogens is 7. The summed E-state index contributed by atoms with van der Waals surface area (Å²) in [5.41, 5.74) is 1.84. The molecule has 3 aromatic heterocycles. The van der Waals surface area contributed by atoms with Gasteiger partial charge in [0.1, 0.15) is 5.15 Å². The summed E-state index contributed by atoms with van der Waals surface area (Å²) in [5, 5.41) is 15.9. The zero-order chi connectivity index (χ0) is 19.2. The molecule has 0 saturated heterocycles. The lowest BCUT2D eigenvalue weighted by atomic mass is 10.1. The molecule has 0 N–H and O–H groups in total. The van der Waals surface area contributed by atoms with E-state index in [-0.39, 0.29) is 5.56 Å². The second-order valence-electron chi connectivity index (χ2n) is 6.13. The number of alkyl halides is 2. The highest BCUT2D eigenvalue weighted by Crippen LogP contribution is 2.35. The van der Waals surface area contributed by atoms with Gasteiger partial charge in [0.05, 0.1) is 17.8 Å². The van der Waals surface area contributed by atoms with Gasteiger partial charge in [0.15, 0.2) is 0 Å². The zero-order valence-corrected chi connectivity index (χ0v) is 15.2. The van der Waals surface area contributed by atoms with Gasteiger partial charge in [-0.05, 0) is 29.5 Å². The molecule has 138 valence electrons. The van der Waals surface area contributed by atoms with Crippen molar-refractivity contribution in [2.24, 2.45) is 7.05 Å². The van der Waals surface area contributed by atoms with Gasteiger partial charge in [-0.3, -0.25) is 4.68 Å². The van der Waals surface area contributed by atoms with Gasteiger partial charge in [0, 0.05) is 29.8 Å². The van der Waals surface area contributed by atoms with Crippen LogP contribution >= 0.6 is 11.6 Å². The van der Waals surface area contributed by atoms with Crippen molar-refractivity contribution >= 4 is 22.5 Å². The van der Waals surface area contributed by atoms with Crippen molar-refractivity contribution in [1.29, 1.82) is 0 Å². The van der Waals surface area contributed by atoms with Gasteiger partial charge in [0.2, 0.25) is 5.82 Å². The Morgan fingerprint density at radius 3 is 2.74 bits per heavy atom. The molecule has 4 aromatic rings. The lowest BCUT2D eigenvalue weighted by molar-refractivity contribution is 0.0288. The van der Waals surface area contributed by atoms with Crippen LogP contribution in [0.2, 0.25) is 5.15 Å². The molecule has 0 aliphatic carbocycles. The van der Waals surface area contributed by atoms with E-state index in [1.807, 2.05) is 13.0 Å². The number of hydrogen-bond donors (Lipinski definition) is 0. The summed E-state index contributed by atoms with van der Waals surface area (Å²) in [5.74, 6) is -3.87. The largest absolute Gasteiger partial charge is 0.333 e. The van der Waals surface area contributed by atoms with Gasteiger partial charge in [-0.1, -0.05) is 29.8 Å². The van der Waals surface area contributed by atoms with Gasteiger partial charge < -0.3 is 0 Å². The van der Waals surface area contributed by atoms with E-state index in [9.17, 15) is 8.78 Å². The number of tetrazole rings is 1. The van der Waals surface area contributed by atoms with Crippen LogP contribution in [0.5, 0.6) is 0 Å². The Labute approximate surface area is 157 Å². The Morgan fingerprint density at radius 1 is 1.22 bits per heavy atom. The summed E-state index contributed by atoms with van der Waals surface area (Å²) in [6.45, 7) is 2.14. The van der Waals surface area contributed by atoms with Gasteiger partial charge >= 0.3 is 5.92 Å². The third-order valence-corrected chi connectivity index (χ3v) is 4.70. The predicted molar refractivity (Wildman–Crippen MR) is 94.6 cm³/mol. The highest BCUT2D eigenvalue weighted by molar-refractivity contribution is 6.30. The maximum atomic E-state index is 14.9. The van der Waals surface area contributed by atoms with Crippen molar-refractivity contribution in [2.75, 3.05) is 0 Å². The molecule has 4 rings (SSSR count). The van der Waals surface area contributed by atoms with Crippen molar-refractivity contribution in [3.05, 3.63) is 64.3 Å². The third kappa shape index (κ3) is 2.93. The fourth-order valence-electron chi connectivity index (χ4n) is 2.98. The van der Waals surface area contributed by atoms with E-state index in [0.29, 0.717) is 17.2 Å². The lowest BCUT2D eigenvalue weighted by Gasteiger charge is -2.15. The van der Waals surface area contributed by atoms with E-state index < -0.39 is 11.7 Å². The van der Waals surface area contributed by atoms with Crippen molar-refractivity contribution < 1.29 is 8.78 Å². The first-order valence-electron chi connectivity index (χ1n) is 8.05. The maximum absolute atomic E-state index is 14.9. The first-order valence-corrected chi connectivity index (χ1v) is 8.43. The van der Waals surface area contributed by atoms with Crippen LogP contribution in [0.15, 0.2) is 36.5 Å². The molecule has 0 fully saturated rings. The molecule has 0 amide bonds. The molecular formula is C17H14ClF2N7. The molecular weight excluding hydrogens is 376 g/mol. The van der Waals surface area contributed by atoms with E-state index >= 15 is 0 Å². The fourth-order valence-corrected chi connectivity index (χ4v) is 3.16. The number of hydrogen-bond acceptors (Lipinski definition) is 5. The predicted octanol–water partition coefficient (Wildman–Crippen LogP) is 3.11. The van der Waals surface area contributed by atoms with Gasteiger partial charge in [-0.15, -0.1) is 5.10 Å². The Balaban J connectivity index is 1.82. The Hall–Kier alpha value is -2.94. The van der Waals surface area contributed by atoms with E-state index in [4.69, 9.17) is 11.6 Å². The molecule has 0 radical (unpaired) electrons. The highest BCUT2D eigenvalue weighted by Gasteiger charge is 2.40. The molecule has 1 aromatic carbocycles. The molecule has 0 aliphatic rings. The maximum Gasteiger partial charge on any atom is 0.333 e. The molecule has 0 atom stereocenters. The van der Waals surface area contributed by atoms with Crippen molar-refractivity contribution in [3.63, 3.8) is 0 Å². The van der Waals surface area contributed by atoms with E-state index in [2.05, 4.69) is 25.6 Å². The lowest BCUT2D eigenvalue weighted by Crippen LogP contribution is -2.21. The average molecular weight is 390 g/mol. The minimum absolute atomic E-state index is 0.216. The molecule has 27 heavy (non-hydrogen) atoms. The fraction of sp³-hybridized carbons (Fsp3) is 0.235. The van der Waals surface area contributed by atoms with E-state index in [0.717, 1.165) is 21.3 Å². The Bertz CT molecular complexity index is 1140. The third-order valence-electron chi connectivity index (χ3n) is 4.36. The molecule has 0 unspecified atom stereocenters. The van der Waals surface area contributed by atoms with E-state index in [1.165, 1.54) is 19.2 Å². The monoisotopic (exact) mass is 389 g/mol. The standard InChI is InChI=1S/C17H14ClF2N7/c1-10-13-6-5-12(17(19,20)16-22-24-25-26(16)2)8-14(13)27(23-10)9-11-4-3-7-21-15(11)18/h3-8H,9H2,1-2H3. The topological polar surface area (TPSA) is 74.3 Å². The van der Waals surface area contributed by atoms with Gasteiger partial charge in [-0.25, -0.2) is 9.67 Å². The number of benzene rings is 1. The number of rotatable bonds is 4. The first kappa shape index (κ1) is 17.5. The number of nitrogens with zero attached hydrogens (tertiary/aromatic N) is 7. The first-order chi connectivity index (χ1) is 12.9. The molecule has 0 saturated carbocycles. The summed E-state index contributed by atoms with van der Waals surface area (Å²) in [7, 11) is 1.38. The average Bonchev–Trinajstić information content (AvgIpc) is 3.21. The van der Waals surface area contributed by atoms with Crippen molar-refractivity contribution in [3.8, 4) is 0 Å². The van der Waals surface area contributed by atoms with Gasteiger partial charge in [-0.2, -0.15) is 13.9 Å². The van der Waals surface area contributed by atoms with Crippen LogP contribution < -0.4 is 0 Å². The summed E-state index contributed by atoms with van der Waals surface area (Å²) >= 11 is 6.12. The van der Waals surface area contributed by atoms with Crippen molar-refractivity contribution in [2.45, 2.75) is 19.4 Å². The van der Waals surface area contributed by atoms with Crippen molar-refractivity contribution in [1.82, 2.24) is 35.0 Å². The Morgan fingerprint density at radius 2 is 2.04 bits per heavy atom. The minimum Gasteiger partial charge on any atom is -0.260 e. The van der Waals surface area contributed by atoms with Crippen LogP contribution in [0.3, 0.4) is 0 Å². The van der Waals surface area contributed by atoms with Crippen LogP contribution in [0.1, 0.15) is 22.6 Å². The molecule has 10 heteroatoms. The summed E-state index contributed by atoms with van der Waals surface area (Å²) < 4.78 is 32.4. The zero-order valence-electron chi connectivity index (χ0n) is 14.4. The number of halogens is 3. The number of pyridine rings is 1. The SMILES string of the molecule is Cc1nn(Cc2cccnc2Cl)c2cc(C(F)(F)c3nnnn3C)ccc12. The molecule has 0 aliphatic heterocycles. The smallest absolute Gasteiger partial charge is 0.260 e. The van der Waals surface area contributed by atoms with Crippen LogP contribution in [0.25, 0.3) is 10.9 Å². The molecule has 3 heterocycles. The number of fused-ring (bicyclic) bond motifs is 1. The molecule has 7 nitrogen and oxygen atoms in total. The molecule has 0 spiro atoms. The van der Waals surface area contributed by atoms with Crippen LogP contribution in [-0.2, 0) is 19.5 Å². The van der Waals surface area contributed by atoms with Crippen LogP contribution in [-0.4, -0.2) is 35.0 Å². The number of aryl methyl sites for hydroxylation is 2. The second kappa shape index (κ2) is 6.34. The molecule has 0 bridgehead atoms. The summed E-state index contributed by atoms with van der Waals surface area (Å²) in [6, 6.07) is 8.00. The van der Waals surface area contributed by atoms with E-state index in [1.54, 1.807) is 23.0 Å². The highest BCUT2D eigenvalue weighted by atomic mass is 35.5. The quantitative estimate of drug-likeness (QED) is 0.501. The van der Waals surface area contributed by atoms with Crippen LogP contribution in [0.4, 0.5) is 8.78 Å². The van der Waals surface area contributed by atoms with Gasteiger partial charge in [0.25, 0.3) is 0 Å².